The summed E-state index contributed by atoms with van der Waals surface area (Å²) >= 11 is 1.69. The Morgan fingerprint density at radius 2 is 1.87 bits per heavy atom. The third kappa shape index (κ3) is 4.97. The number of ether oxygens (including phenoxy) is 2. The smallest absolute Gasteiger partial charge is 0.254 e. The maximum Gasteiger partial charge on any atom is 0.254 e. The third-order valence-corrected chi connectivity index (χ3v) is 5.63. The fraction of sp³-hybridized carbons (Fsp3) is 0.304. The Kier molecular flexibility index (Phi) is 7.05. The summed E-state index contributed by atoms with van der Waals surface area (Å²) in [7, 11) is 3.35. The summed E-state index contributed by atoms with van der Waals surface area (Å²) in [6.07, 6.45) is 2.04. The Balaban J connectivity index is 1.70. The van der Waals surface area contributed by atoms with E-state index in [0.717, 1.165) is 22.6 Å². The van der Waals surface area contributed by atoms with Crippen LogP contribution >= 0.6 is 11.8 Å². The molecular weight excluding hydrogens is 400 g/mol. The topological polar surface area (TPSA) is 64.8 Å². The van der Waals surface area contributed by atoms with E-state index < -0.39 is 0 Å². The van der Waals surface area contributed by atoms with Gasteiger partial charge in [-0.1, -0.05) is 17.3 Å². The van der Waals surface area contributed by atoms with Crippen LogP contribution < -0.4 is 9.47 Å². The maximum atomic E-state index is 12.9. The van der Waals surface area contributed by atoms with Gasteiger partial charge in [0, 0.05) is 24.1 Å². The van der Waals surface area contributed by atoms with Crippen molar-refractivity contribution in [3.05, 3.63) is 70.6 Å². The predicted octanol–water partition coefficient (Wildman–Crippen LogP) is 4.87. The summed E-state index contributed by atoms with van der Waals surface area (Å²) in [6.45, 7) is 4.57. The molecule has 0 saturated heterocycles. The van der Waals surface area contributed by atoms with E-state index in [4.69, 9.17) is 14.0 Å². The summed E-state index contributed by atoms with van der Waals surface area (Å²) in [5.74, 6) is 1.71. The van der Waals surface area contributed by atoms with Gasteiger partial charge in [-0.2, -0.15) is 0 Å². The molecule has 3 aromatic rings. The third-order valence-electron chi connectivity index (χ3n) is 4.89. The highest BCUT2D eigenvalue weighted by Crippen LogP contribution is 2.30. The number of methoxy groups -OCH3 is 1. The average molecular weight is 427 g/mol. The second-order valence-electron chi connectivity index (χ2n) is 6.97. The van der Waals surface area contributed by atoms with Gasteiger partial charge in [0.25, 0.3) is 5.91 Å². The van der Waals surface area contributed by atoms with Gasteiger partial charge in [-0.3, -0.25) is 4.79 Å². The Bertz CT molecular complexity index is 995. The molecule has 0 bridgehead atoms. The van der Waals surface area contributed by atoms with E-state index >= 15 is 0 Å². The zero-order valence-electron chi connectivity index (χ0n) is 17.9. The van der Waals surface area contributed by atoms with Gasteiger partial charge in [0.05, 0.1) is 18.4 Å². The summed E-state index contributed by atoms with van der Waals surface area (Å²) < 4.78 is 16.5. The number of thioether (sulfide) groups is 1. The summed E-state index contributed by atoms with van der Waals surface area (Å²) in [6, 6.07) is 13.4. The van der Waals surface area contributed by atoms with Crippen LogP contribution in [0.25, 0.3) is 0 Å². The quantitative estimate of drug-likeness (QED) is 0.479. The van der Waals surface area contributed by atoms with Crippen LogP contribution in [-0.4, -0.2) is 36.4 Å². The van der Waals surface area contributed by atoms with Gasteiger partial charge < -0.3 is 18.9 Å². The van der Waals surface area contributed by atoms with Crippen LogP contribution in [0, 0.1) is 13.8 Å². The van der Waals surface area contributed by atoms with E-state index in [0.29, 0.717) is 30.2 Å². The van der Waals surface area contributed by atoms with Gasteiger partial charge in [0.15, 0.2) is 11.5 Å². The van der Waals surface area contributed by atoms with Crippen LogP contribution in [-0.2, 0) is 13.2 Å². The molecule has 1 aromatic heterocycles. The van der Waals surface area contributed by atoms with Crippen LogP contribution in [0.15, 0.2) is 51.9 Å². The van der Waals surface area contributed by atoms with Gasteiger partial charge in [-0.25, -0.2) is 0 Å². The molecule has 0 aliphatic carbocycles. The molecule has 6 nitrogen and oxygen atoms in total. The number of carbonyl (C=O) groups is 1. The van der Waals surface area contributed by atoms with Crippen LogP contribution in [0.3, 0.4) is 0 Å². The number of aryl methyl sites for hydroxylation is 2. The van der Waals surface area contributed by atoms with Crippen molar-refractivity contribution >= 4 is 17.7 Å². The lowest BCUT2D eigenvalue weighted by Crippen LogP contribution is -2.26. The van der Waals surface area contributed by atoms with Crippen molar-refractivity contribution in [1.29, 1.82) is 0 Å². The maximum absolute atomic E-state index is 12.9. The van der Waals surface area contributed by atoms with Gasteiger partial charge in [-0.15, -0.1) is 11.8 Å². The first-order valence-electron chi connectivity index (χ1n) is 9.54. The highest BCUT2D eigenvalue weighted by Gasteiger charge is 2.17. The number of carbonyl (C=O) groups excluding carboxylic acids is 1. The minimum absolute atomic E-state index is 0.0838. The molecule has 0 saturated carbocycles. The van der Waals surface area contributed by atoms with E-state index in [-0.39, 0.29) is 5.91 Å². The molecular formula is C23H26N2O4S. The molecule has 3 rings (SSSR count). The number of amides is 1. The van der Waals surface area contributed by atoms with Gasteiger partial charge in [0.2, 0.25) is 0 Å². The van der Waals surface area contributed by atoms with Gasteiger partial charge >= 0.3 is 0 Å². The molecule has 0 N–H and O–H groups in total. The van der Waals surface area contributed by atoms with Crippen molar-refractivity contribution in [2.24, 2.45) is 0 Å². The molecule has 0 radical (unpaired) electrons. The molecule has 1 amide bonds. The lowest BCUT2D eigenvalue weighted by molar-refractivity contribution is 0.0784. The predicted molar refractivity (Wildman–Crippen MR) is 117 cm³/mol. The fourth-order valence-corrected chi connectivity index (χ4v) is 3.48. The number of nitrogens with zero attached hydrogens (tertiary/aromatic N) is 2. The lowest BCUT2D eigenvalue weighted by atomic mass is 10.1. The van der Waals surface area contributed by atoms with E-state index in [9.17, 15) is 4.79 Å². The van der Waals surface area contributed by atoms with Crippen molar-refractivity contribution in [1.82, 2.24) is 10.1 Å². The molecule has 0 spiro atoms. The number of benzene rings is 2. The van der Waals surface area contributed by atoms with Crippen LogP contribution in [0.4, 0.5) is 0 Å². The average Bonchev–Trinajstić information content (AvgIpc) is 3.09. The molecule has 0 unspecified atom stereocenters. The standard InChI is InChI=1S/C23H26N2O4S/c1-15-20(16(2)29-24-15)14-28-21-11-8-18(12-22(21)27-4)23(26)25(3)13-17-6-9-19(30-5)10-7-17/h6-12H,13-14H2,1-5H3. The molecule has 7 heteroatoms. The molecule has 30 heavy (non-hydrogen) atoms. The van der Waals surface area contributed by atoms with Gasteiger partial charge in [-0.05, 0) is 56.0 Å². The Morgan fingerprint density at radius 3 is 2.47 bits per heavy atom. The molecule has 0 atom stereocenters. The SMILES string of the molecule is COc1cc(C(=O)N(C)Cc2ccc(SC)cc2)ccc1OCc1c(C)noc1C. The highest BCUT2D eigenvalue weighted by molar-refractivity contribution is 7.98. The molecule has 0 aliphatic heterocycles. The highest BCUT2D eigenvalue weighted by atomic mass is 32.2. The van der Waals surface area contributed by atoms with Crippen LogP contribution in [0.5, 0.6) is 11.5 Å². The number of aromatic nitrogens is 1. The van der Waals surface area contributed by atoms with Gasteiger partial charge in [0.1, 0.15) is 12.4 Å². The van der Waals surface area contributed by atoms with Crippen molar-refractivity contribution in [3.63, 3.8) is 0 Å². The Labute approximate surface area is 181 Å². The van der Waals surface area contributed by atoms with Crippen molar-refractivity contribution < 1.29 is 18.8 Å². The van der Waals surface area contributed by atoms with E-state index in [2.05, 4.69) is 17.3 Å². The molecule has 0 aliphatic rings. The van der Waals surface area contributed by atoms with Crippen molar-refractivity contribution in [2.45, 2.75) is 31.9 Å². The molecule has 1 heterocycles. The number of hydrogen-bond acceptors (Lipinski definition) is 6. The van der Waals surface area contributed by atoms with Crippen LogP contribution in [0.1, 0.15) is 32.9 Å². The minimum atomic E-state index is -0.0838. The second-order valence-corrected chi connectivity index (χ2v) is 7.85. The first kappa shape index (κ1) is 21.8. The lowest BCUT2D eigenvalue weighted by Gasteiger charge is -2.19. The van der Waals surface area contributed by atoms with Crippen molar-refractivity contribution in [3.8, 4) is 11.5 Å². The summed E-state index contributed by atoms with van der Waals surface area (Å²) in [4.78, 5) is 15.8. The Hall–Kier alpha value is -2.93. The first-order valence-corrected chi connectivity index (χ1v) is 10.8. The fourth-order valence-electron chi connectivity index (χ4n) is 3.07. The first-order chi connectivity index (χ1) is 14.4. The monoisotopic (exact) mass is 426 g/mol. The largest absolute Gasteiger partial charge is 0.493 e. The summed E-state index contributed by atoms with van der Waals surface area (Å²) in [5.41, 5.74) is 3.32. The second kappa shape index (κ2) is 9.71. The van der Waals surface area contributed by atoms with Crippen molar-refractivity contribution in [2.75, 3.05) is 20.4 Å². The van der Waals surface area contributed by atoms with E-state index in [1.807, 2.05) is 32.2 Å². The molecule has 0 fully saturated rings. The molecule has 158 valence electrons. The zero-order chi connectivity index (χ0) is 21.7. The summed E-state index contributed by atoms with van der Waals surface area (Å²) in [5, 5.41) is 3.93. The minimum Gasteiger partial charge on any atom is -0.493 e. The Morgan fingerprint density at radius 1 is 1.13 bits per heavy atom. The zero-order valence-corrected chi connectivity index (χ0v) is 18.7. The van der Waals surface area contributed by atoms with Crippen LogP contribution in [0.2, 0.25) is 0 Å². The normalized spacial score (nSPS) is 10.7. The molecule has 2 aromatic carbocycles. The van der Waals surface area contributed by atoms with E-state index in [1.165, 1.54) is 4.90 Å². The number of rotatable bonds is 8. The number of hydrogen-bond donors (Lipinski definition) is 0. The van der Waals surface area contributed by atoms with E-state index in [1.54, 1.807) is 49.0 Å².